The average molecular weight is 1220 g/mol. The largest absolute Gasteiger partial charge is 0.388 e. The number of aliphatic hydroxyl groups is 1. The summed E-state index contributed by atoms with van der Waals surface area (Å²) in [5, 5.41) is 16.9. The number of carbonyl (C=O) groups is 4. The van der Waals surface area contributed by atoms with E-state index in [2.05, 4.69) is 10.0 Å². The Labute approximate surface area is 518 Å². The Morgan fingerprint density at radius 1 is 0.444 bits per heavy atom. The molecule has 21 heteroatoms. The molecule has 4 amide bonds. The van der Waals surface area contributed by atoms with Crippen LogP contribution in [0.25, 0.3) is 10.4 Å². The molecule has 6 aliphatic heterocycles. The minimum absolute atomic E-state index is 0.0283. The van der Waals surface area contributed by atoms with Crippen LogP contribution in [-0.4, -0.2) is 150 Å². The predicted octanol–water partition coefficient (Wildman–Crippen LogP) is 8.52. The van der Waals surface area contributed by atoms with Gasteiger partial charge in [-0.15, -0.1) is 0 Å². The number of fused-ring (bicyclic) bond motifs is 4. The summed E-state index contributed by atoms with van der Waals surface area (Å²) in [5.74, 6) is -2.82. The molecule has 7 aromatic carbocycles. The van der Waals surface area contributed by atoms with Gasteiger partial charge in [0.25, 0.3) is 23.6 Å². The molecular weight excluding hydrogens is 1150 g/mol. The lowest BCUT2D eigenvalue weighted by Crippen LogP contribution is -2.71. The molecule has 7 aromatic rings. The van der Waals surface area contributed by atoms with Crippen molar-refractivity contribution >= 4 is 23.6 Å². The molecule has 0 aliphatic carbocycles. The Balaban J connectivity index is 0.953. The fourth-order valence-corrected chi connectivity index (χ4v) is 12.6. The first-order valence-electron chi connectivity index (χ1n) is 30.0. The molecule has 0 unspecified atom stereocenters. The first-order valence-corrected chi connectivity index (χ1v) is 30.0. The van der Waals surface area contributed by atoms with Crippen molar-refractivity contribution in [2.45, 2.75) is 125 Å². The van der Waals surface area contributed by atoms with Crippen LogP contribution in [0.1, 0.15) is 69.2 Å². The van der Waals surface area contributed by atoms with E-state index in [9.17, 15) is 10.6 Å². The fourth-order valence-electron chi connectivity index (χ4n) is 12.6. The van der Waals surface area contributed by atoms with Gasteiger partial charge in [0, 0.05) is 4.91 Å². The lowest BCUT2D eigenvalue weighted by atomic mass is 9.92. The van der Waals surface area contributed by atoms with E-state index in [1.807, 2.05) is 152 Å². The lowest BCUT2D eigenvalue weighted by Gasteiger charge is -2.52. The van der Waals surface area contributed by atoms with E-state index >= 15 is 19.2 Å². The van der Waals surface area contributed by atoms with Crippen molar-refractivity contribution in [2.75, 3.05) is 19.8 Å². The molecule has 4 saturated heterocycles. The standard InChI is InChI=1S/C69H65N5O16/c70-72-71-54-60(82-36-44-24-10-3-11-25-44)58(53-41-85-67(54)87-53)89-69-56(74-65(78)49-32-18-19-33-50(49)66(74)79)62(84-38-46-28-14-5-15-29-46)59(52(88-69)40-81-35-43-22-8-2-9-23-43)90-68-55(73-63(76)47-30-16-17-31-48(47)64(73)77)61(83-37-45-26-12-4-13-27-45)57(75)51(86-68)39-80-34-42-20-6-1-7-21-42/h1-33,51-62,67-69,75H,34-41H2/t51-,52-,53-,54-,55-,56-,57-,58-,59-,60-,61-,62-,67-,68+,69+/m1/s1. The molecule has 15 atom stereocenters. The van der Waals surface area contributed by atoms with Crippen molar-refractivity contribution in [3.63, 3.8) is 0 Å². The number of ether oxygens (including phenoxy) is 11. The second-order valence-corrected chi connectivity index (χ2v) is 22.7. The van der Waals surface area contributed by atoms with Gasteiger partial charge < -0.3 is 57.2 Å². The second-order valence-electron chi connectivity index (χ2n) is 22.7. The van der Waals surface area contributed by atoms with Crippen LogP contribution in [0.5, 0.6) is 0 Å². The van der Waals surface area contributed by atoms with E-state index < -0.39 is 116 Å². The highest BCUT2D eigenvalue weighted by Gasteiger charge is 2.62. The van der Waals surface area contributed by atoms with Gasteiger partial charge >= 0.3 is 0 Å². The van der Waals surface area contributed by atoms with Gasteiger partial charge in [-0.2, -0.15) is 0 Å². The van der Waals surface area contributed by atoms with Crippen LogP contribution in [0, 0.1) is 0 Å². The summed E-state index contributed by atoms with van der Waals surface area (Å²) in [6.45, 7) is -0.552. The first kappa shape index (κ1) is 60.6. The van der Waals surface area contributed by atoms with E-state index in [1.54, 1.807) is 48.5 Å². The van der Waals surface area contributed by atoms with Crippen molar-refractivity contribution in [3.05, 3.63) is 261 Å². The smallest absolute Gasteiger partial charge is 0.262 e. The van der Waals surface area contributed by atoms with Gasteiger partial charge in [0.15, 0.2) is 18.9 Å². The Hall–Kier alpha value is -8.35. The molecule has 90 heavy (non-hydrogen) atoms. The van der Waals surface area contributed by atoms with Crippen LogP contribution in [0.15, 0.2) is 205 Å². The van der Waals surface area contributed by atoms with Crippen molar-refractivity contribution < 1.29 is 76.4 Å². The second kappa shape index (κ2) is 27.8. The Bertz CT molecular complexity index is 3600. The highest BCUT2D eigenvalue weighted by molar-refractivity contribution is 6.22. The number of nitrogens with zero attached hydrogens (tertiary/aromatic N) is 5. The molecule has 21 nitrogen and oxygen atoms in total. The topological polar surface area (TPSA) is 245 Å². The number of imide groups is 2. The van der Waals surface area contributed by atoms with Crippen molar-refractivity contribution in [1.82, 2.24) is 9.80 Å². The average Bonchev–Trinajstić information content (AvgIpc) is 1.50. The molecule has 0 spiro atoms. The number of amides is 4. The number of benzene rings is 7. The van der Waals surface area contributed by atoms with E-state index in [-0.39, 0.29) is 75.1 Å². The van der Waals surface area contributed by atoms with E-state index in [0.29, 0.717) is 11.1 Å². The van der Waals surface area contributed by atoms with Crippen LogP contribution < -0.4 is 0 Å². The van der Waals surface area contributed by atoms with Crippen molar-refractivity contribution in [1.29, 1.82) is 0 Å². The molecule has 6 aliphatic rings. The summed E-state index contributed by atoms with van der Waals surface area (Å²) >= 11 is 0. The monoisotopic (exact) mass is 1220 g/mol. The quantitative estimate of drug-likeness (QED) is 0.0258. The molecule has 0 aromatic heterocycles. The fraction of sp³-hybridized carbons (Fsp3) is 0.333. The molecule has 13 rings (SSSR count). The van der Waals surface area contributed by atoms with Crippen LogP contribution in [0.2, 0.25) is 0 Å². The number of hydrogen-bond acceptors (Lipinski definition) is 17. The van der Waals surface area contributed by atoms with Crippen LogP contribution in [-0.2, 0) is 85.1 Å². The van der Waals surface area contributed by atoms with Gasteiger partial charge in [-0.05, 0) is 57.6 Å². The highest BCUT2D eigenvalue weighted by atomic mass is 16.8. The number of azide groups is 1. The molecule has 0 radical (unpaired) electrons. The molecule has 462 valence electrons. The zero-order chi connectivity index (χ0) is 61.5. The summed E-state index contributed by atoms with van der Waals surface area (Å²) in [5.41, 5.74) is 14.3. The zero-order valence-electron chi connectivity index (χ0n) is 48.7. The van der Waals surface area contributed by atoms with Crippen molar-refractivity contribution in [2.24, 2.45) is 5.11 Å². The van der Waals surface area contributed by atoms with Crippen LogP contribution in [0.3, 0.4) is 0 Å². The summed E-state index contributed by atoms with van der Waals surface area (Å²) in [6, 6.07) is 55.2. The number of aliphatic hydroxyl groups excluding tert-OH is 1. The third-order valence-electron chi connectivity index (χ3n) is 17.0. The minimum Gasteiger partial charge on any atom is -0.388 e. The summed E-state index contributed by atoms with van der Waals surface area (Å²) in [7, 11) is 0. The van der Waals surface area contributed by atoms with Gasteiger partial charge in [-0.1, -0.05) is 181 Å². The number of carbonyl (C=O) groups excluding carboxylic acids is 4. The maximum atomic E-state index is 15.4. The molecule has 2 bridgehead atoms. The van der Waals surface area contributed by atoms with Crippen LogP contribution >= 0.6 is 0 Å². The third kappa shape index (κ3) is 12.7. The highest BCUT2D eigenvalue weighted by Crippen LogP contribution is 2.43. The number of hydrogen-bond donors (Lipinski definition) is 1. The van der Waals surface area contributed by atoms with Crippen molar-refractivity contribution in [3.8, 4) is 0 Å². The van der Waals surface area contributed by atoms with Gasteiger partial charge in [0.05, 0.1) is 75.1 Å². The van der Waals surface area contributed by atoms with E-state index in [1.165, 1.54) is 0 Å². The van der Waals surface area contributed by atoms with Gasteiger partial charge in [0.1, 0.15) is 73.1 Å². The normalized spacial score (nSPS) is 28.6. The molecular formula is C69H65N5O16. The molecule has 6 heterocycles. The zero-order valence-corrected chi connectivity index (χ0v) is 48.7. The Morgan fingerprint density at radius 2 is 0.811 bits per heavy atom. The summed E-state index contributed by atoms with van der Waals surface area (Å²) in [4.78, 5) is 66.1. The molecule has 4 fully saturated rings. The first-order chi connectivity index (χ1) is 44.2. The maximum absolute atomic E-state index is 15.4. The van der Waals surface area contributed by atoms with Gasteiger partial charge in [-0.25, -0.2) is 0 Å². The van der Waals surface area contributed by atoms with Crippen LogP contribution in [0.4, 0.5) is 0 Å². The Kier molecular flexibility index (Phi) is 18.7. The van der Waals surface area contributed by atoms with E-state index in [4.69, 9.17) is 52.1 Å². The minimum atomic E-state index is -1.73. The predicted molar refractivity (Wildman–Crippen MR) is 319 cm³/mol. The third-order valence-corrected chi connectivity index (χ3v) is 17.0. The van der Waals surface area contributed by atoms with Gasteiger partial charge in [-0.3, -0.25) is 29.0 Å². The Morgan fingerprint density at radius 3 is 1.26 bits per heavy atom. The summed E-state index contributed by atoms with van der Waals surface area (Å²) < 4.78 is 75.1. The lowest BCUT2D eigenvalue weighted by molar-refractivity contribution is -0.360. The number of rotatable bonds is 24. The maximum Gasteiger partial charge on any atom is 0.262 e. The SMILES string of the molecule is [N-]=[N+]=N[C@H]1[C@@H]2OC[C@@H](O2)[C@@H](O[C@@H]2O[C@H](COCc3ccccc3)[C@@H](O[C@@H]3O[C@H](COCc4ccccc4)[C@@H](O)[C@H](OCc4ccccc4)[C@H]3N3C(=O)c4ccccc4C3=O)[C@H](OCc3ccccc3)[C@H]2N2C(=O)c3ccccc3C2=O)[C@@H]1OCc1ccccc1. The van der Waals surface area contributed by atoms with Gasteiger partial charge in [0.2, 0.25) is 0 Å². The molecule has 1 N–H and O–H groups in total. The van der Waals surface area contributed by atoms with E-state index in [0.717, 1.165) is 26.5 Å². The molecule has 0 saturated carbocycles. The summed E-state index contributed by atoms with van der Waals surface area (Å²) in [6.07, 6.45) is -16.1.